The van der Waals surface area contributed by atoms with Gasteiger partial charge in [-0.15, -0.1) is 11.3 Å². The Kier molecular flexibility index (Phi) is 5.86. The summed E-state index contributed by atoms with van der Waals surface area (Å²) >= 11 is 1.97. The van der Waals surface area contributed by atoms with E-state index in [-0.39, 0.29) is 0 Å². The molecule has 3 heteroatoms. The van der Waals surface area contributed by atoms with Crippen molar-refractivity contribution in [3.63, 3.8) is 0 Å². The molecule has 0 aliphatic heterocycles. The van der Waals surface area contributed by atoms with E-state index in [2.05, 4.69) is 43.1 Å². The van der Waals surface area contributed by atoms with E-state index in [4.69, 9.17) is 0 Å². The minimum atomic E-state index is 0.567. The van der Waals surface area contributed by atoms with Crippen LogP contribution < -0.4 is 5.32 Å². The molecule has 1 heterocycles. The third kappa shape index (κ3) is 5.64. The zero-order valence-corrected chi connectivity index (χ0v) is 13.4. The van der Waals surface area contributed by atoms with Gasteiger partial charge in [0.2, 0.25) is 0 Å². The van der Waals surface area contributed by atoms with Gasteiger partial charge in [0.15, 0.2) is 0 Å². The van der Waals surface area contributed by atoms with E-state index in [0.717, 1.165) is 19.0 Å². The number of thiophene rings is 1. The lowest BCUT2D eigenvalue weighted by Gasteiger charge is -2.20. The van der Waals surface area contributed by atoms with E-state index < -0.39 is 0 Å². The first kappa shape index (κ1) is 15.0. The van der Waals surface area contributed by atoms with E-state index in [9.17, 15) is 0 Å². The second-order valence-corrected chi connectivity index (χ2v) is 7.33. The molecule has 0 atom stereocenters. The summed E-state index contributed by atoms with van der Waals surface area (Å²) in [7, 11) is 0. The first-order chi connectivity index (χ1) is 9.17. The Bertz CT molecular complexity index is 369. The molecule has 0 spiro atoms. The number of hydrogen-bond donors (Lipinski definition) is 1. The molecule has 1 aliphatic carbocycles. The molecule has 0 radical (unpaired) electrons. The molecular formula is C16H28N2S. The molecule has 19 heavy (non-hydrogen) atoms. The second-order valence-electron chi connectivity index (χ2n) is 6.08. The van der Waals surface area contributed by atoms with Crippen molar-refractivity contribution in [1.82, 2.24) is 10.2 Å². The maximum atomic E-state index is 3.49. The minimum absolute atomic E-state index is 0.567. The van der Waals surface area contributed by atoms with Crippen LogP contribution >= 0.6 is 11.3 Å². The molecule has 0 amide bonds. The highest BCUT2D eigenvalue weighted by Gasteiger charge is 2.24. The third-order valence-electron chi connectivity index (χ3n) is 3.53. The van der Waals surface area contributed by atoms with Gasteiger partial charge in [-0.2, -0.15) is 0 Å². The molecule has 1 N–H and O–H groups in total. The van der Waals surface area contributed by atoms with E-state index in [1.165, 1.54) is 42.1 Å². The van der Waals surface area contributed by atoms with Crippen LogP contribution in [0.25, 0.3) is 0 Å². The fraction of sp³-hybridized carbons (Fsp3) is 0.750. The molecule has 2 nitrogen and oxygen atoms in total. The van der Waals surface area contributed by atoms with E-state index in [1.54, 1.807) is 0 Å². The van der Waals surface area contributed by atoms with Gasteiger partial charge >= 0.3 is 0 Å². The number of nitrogens with zero attached hydrogens (tertiary/aromatic N) is 1. The van der Waals surface area contributed by atoms with Crippen molar-refractivity contribution in [2.75, 3.05) is 13.1 Å². The van der Waals surface area contributed by atoms with Crippen LogP contribution in [0.15, 0.2) is 12.1 Å². The van der Waals surface area contributed by atoms with Gasteiger partial charge < -0.3 is 5.32 Å². The predicted molar refractivity (Wildman–Crippen MR) is 84.6 cm³/mol. The minimum Gasteiger partial charge on any atom is -0.310 e. The van der Waals surface area contributed by atoms with Gasteiger partial charge in [0.05, 0.1) is 0 Å². The van der Waals surface area contributed by atoms with E-state index in [0.29, 0.717) is 6.04 Å². The Morgan fingerprint density at radius 3 is 2.68 bits per heavy atom. The molecule has 0 bridgehead atoms. The first-order valence-electron chi connectivity index (χ1n) is 7.70. The lowest BCUT2D eigenvalue weighted by Crippen LogP contribution is -2.26. The van der Waals surface area contributed by atoms with Crippen LogP contribution in [0.4, 0.5) is 0 Å². The van der Waals surface area contributed by atoms with E-state index in [1.807, 2.05) is 11.3 Å². The maximum Gasteiger partial charge on any atom is 0.0328 e. The summed E-state index contributed by atoms with van der Waals surface area (Å²) in [5, 5.41) is 3.49. The molecule has 1 aliphatic rings. The number of nitrogens with one attached hydrogen (secondary N) is 1. The lowest BCUT2D eigenvalue weighted by atomic mass is 10.3. The average Bonchev–Trinajstić information content (AvgIpc) is 3.05. The van der Waals surface area contributed by atoms with Crippen molar-refractivity contribution in [3.8, 4) is 0 Å². The largest absolute Gasteiger partial charge is 0.310 e. The van der Waals surface area contributed by atoms with Crippen molar-refractivity contribution in [2.45, 2.75) is 59.2 Å². The Morgan fingerprint density at radius 1 is 1.32 bits per heavy atom. The maximum absolute atomic E-state index is 3.49. The Balaban J connectivity index is 1.82. The second kappa shape index (κ2) is 7.41. The van der Waals surface area contributed by atoms with Crippen LogP contribution in [-0.2, 0) is 13.1 Å². The summed E-state index contributed by atoms with van der Waals surface area (Å²) in [5.74, 6) is 0.994. The fourth-order valence-corrected chi connectivity index (χ4v) is 3.36. The molecule has 0 saturated heterocycles. The van der Waals surface area contributed by atoms with Gasteiger partial charge in [-0.1, -0.05) is 20.8 Å². The zero-order valence-electron chi connectivity index (χ0n) is 12.6. The molecule has 1 aromatic heterocycles. The third-order valence-corrected chi connectivity index (χ3v) is 4.60. The molecule has 0 unspecified atom stereocenters. The fourth-order valence-electron chi connectivity index (χ4n) is 2.34. The number of rotatable bonds is 9. The monoisotopic (exact) mass is 280 g/mol. The van der Waals surface area contributed by atoms with Crippen molar-refractivity contribution in [3.05, 3.63) is 21.9 Å². The van der Waals surface area contributed by atoms with Gasteiger partial charge in [0, 0.05) is 35.4 Å². The number of hydrogen-bond acceptors (Lipinski definition) is 3. The first-order valence-corrected chi connectivity index (χ1v) is 8.52. The van der Waals surface area contributed by atoms with Gasteiger partial charge in [-0.25, -0.2) is 0 Å². The summed E-state index contributed by atoms with van der Waals surface area (Å²) in [6, 6.07) is 5.17. The highest BCUT2D eigenvalue weighted by atomic mass is 32.1. The molecule has 0 aromatic carbocycles. The summed E-state index contributed by atoms with van der Waals surface area (Å²) in [6.45, 7) is 11.4. The van der Waals surface area contributed by atoms with Crippen LogP contribution in [0.1, 0.15) is 49.8 Å². The van der Waals surface area contributed by atoms with Crippen molar-refractivity contribution < 1.29 is 0 Å². The average molecular weight is 280 g/mol. The smallest absolute Gasteiger partial charge is 0.0328 e. The summed E-state index contributed by atoms with van der Waals surface area (Å²) < 4.78 is 0. The molecule has 1 fully saturated rings. The molecule has 108 valence electrons. The van der Waals surface area contributed by atoms with Crippen LogP contribution in [-0.4, -0.2) is 24.0 Å². The van der Waals surface area contributed by atoms with Crippen molar-refractivity contribution >= 4 is 11.3 Å². The highest BCUT2D eigenvalue weighted by molar-refractivity contribution is 7.11. The lowest BCUT2D eigenvalue weighted by molar-refractivity contribution is 0.257. The predicted octanol–water partition coefficient (Wildman–Crippen LogP) is 3.87. The summed E-state index contributed by atoms with van der Waals surface area (Å²) in [5.41, 5.74) is 0. The molecule has 1 aromatic rings. The zero-order chi connectivity index (χ0) is 13.7. The highest BCUT2D eigenvalue weighted by Crippen LogP contribution is 2.30. The Hall–Kier alpha value is -0.380. The molecule has 1 saturated carbocycles. The van der Waals surface area contributed by atoms with Crippen LogP contribution in [0.2, 0.25) is 0 Å². The van der Waals surface area contributed by atoms with Crippen molar-refractivity contribution in [2.24, 2.45) is 5.92 Å². The van der Waals surface area contributed by atoms with Gasteiger partial charge in [0.1, 0.15) is 0 Å². The van der Waals surface area contributed by atoms with Crippen LogP contribution in [0.3, 0.4) is 0 Å². The SMILES string of the molecule is CCCN(Cc1ccc(CNC(C)C)s1)CC1CC1. The van der Waals surface area contributed by atoms with E-state index >= 15 is 0 Å². The van der Waals surface area contributed by atoms with Crippen molar-refractivity contribution in [1.29, 1.82) is 0 Å². The molecular weight excluding hydrogens is 252 g/mol. The summed E-state index contributed by atoms with van der Waals surface area (Å²) in [4.78, 5) is 5.63. The van der Waals surface area contributed by atoms with Gasteiger partial charge in [-0.05, 0) is 43.9 Å². The molecule has 2 rings (SSSR count). The normalized spacial score (nSPS) is 15.6. The van der Waals surface area contributed by atoms with Gasteiger partial charge in [0.25, 0.3) is 0 Å². The quantitative estimate of drug-likeness (QED) is 0.739. The summed E-state index contributed by atoms with van der Waals surface area (Å²) in [6.07, 6.45) is 4.17. The van der Waals surface area contributed by atoms with Gasteiger partial charge in [-0.3, -0.25) is 4.90 Å². The van der Waals surface area contributed by atoms with Crippen LogP contribution in [0.5, 0.6) is 0 Å². The Morgan fingerprint density at radius 2 is 2.05 bits per heavy atom. The topological polar surface area (TPSA) is 15.3 Å². The standard InChI is InChI=1S/C16H28N2S/c1-4-9-18(11-14-5-6-14)12-16-8-7-15(19-16)10-17-13(2)3/h7-8,13-14,17H,4-6,9-12H2,1-3H3. The van der Waals surface area contributed by atoms with Crippen LogP contribution in [0, 0.1) is 5.92 Å². The Labute approximate surface area is 122 Å².